The number of hydrogen-bond donors (Lipinski definition) is 2. The van der Waals surface area contributed by atoms with E-state index in [1.807, 2.05) is 30.3 Å². The zero-order valence-corrected chi connectivity index (χ0v) is 14.8. The van der Waals surface area contributed by atoms with Gasteiger partial charge in [-0.25, -0.2) is 4.79 Å². The predicted molar refractivity (Wildman–Crippen MR) is 102 cm³/mol. The molecule has 0 saturated carbocycles. The molecule has 0 radical (unpaired) electrons. The first-order valence-corrected chi connectivity index (χ1v) is 8.79. The number of nitrogens with zero attached hydrogens (tertiary/aromatic N) is 2. The Balaban J connectivity index is 1.65. The lowest BCUT2D eigenvalue weighted by Gasteiger charge is -2.31. The van der Waals surface area contributed by atoms with Crippen molar-refractivity contribution in [2.75, 3.05) is 38.2 Å². The van der Waals surface area contributed by atoms with Crippen LogP contribution >= 0.6 is 0 Å². The van der Waals surface area contributed by atoms with E-state index in [2.05, 4.69) is 15.5 Å². The monoisotopic (exact) mass is 370 g/mol. The van der Waals surface area contributed by atoms with Crippen molar-refractivity contribution in [3.63, 3.8) is 0 Å². The number of nitro groups is 1. The first-order valence-electron chi connectivity index (χ1n) is 8.79. The molecule has 2 N–H and O–H groups in total. The van der Waals surface area contributed by atoms with Gasteiger partial charge in [0.1, 0.15) is 0 Å². The second-order valence-corrected chi connectivity index (χ2v) is 6.28. The zero-order valence-electron chi connectivity index (χ0n) is 14.8. The summed E-state index contributed by atoms with van der Waals surface area (Å²) in [6.07, 6.45) is 0. The van der Waals surface area contributed by atoms with Crippen LogP contribution in [0, 0.1) is 10.1 Å². The minimum atomic E-state index is -0.475. The van der Waals surface area contributed by atoms with Crippen LogP contribution in [0.5, 0.6) is 0 Å². The van der Waals surface area contributed by atoms with Gasteiger partial charge in [0.2, 0.25) is 0 Å². The molecule has 2 aromatic rings. The number of ether oxygens (including phenoxy) is 1. The number of amides is 2. The number of benzene rings is 2. The molecule has 0 spiro atoms. The largest absolute Gasteiger partial charge is 0.379 e. The summed E-state index contributed by atoms with van der Waals surface area (Å²) in [5, 5.41) is 16.4. The van der Waals surface area contributed by atoms with Gasteiger partial charge in [-0.05, 0) is 17.7 Å². The Labute approximate surface area is 157 Å². The highest BCUT2D eigenvalue weighted by Crippen LogP contribution is 2.17. The number of carbonyl (C=O) groups excluding carboxylic acids is 1. The molecule has 1 atom stereocenters. The lowest BCUT2D eigenvalue weighted by Crippen LogP contribution is -2.44. The van der Waals surface area contributed by atoms with Gasteiger partial charge in [-0.2, -0.15) is 0 Å². The Morgan fingerprint density at radius 2 is 1.78 bits per heavy atom. The summed E-state index contributed by atoms with van der Waals surface area (Å²) in [5.74, 6) is 0. The average Bonchev–Trinajstić information content (AvgIpc) is 2.69. The van der Waals surface area contributed by atoms with Crippen LogP contribution in [-0.4, -0.2) is 48.7 Å². The Morgan fingerprint density at radius 3 is 2.41 bits per heavy atom. The minimum absolute atomic E-state index is 0.0181. The summed E-state index contributed by atoms with van der Waals surface area (Å²) in [4.78, 5) is 25.0. The Bertz CT molecular complexity index is 761. The third-order valence-electron chi connectivity index (χ3n) is 4.39. The molecule has 8 heteroatoms. The number of nitrogens with one attached hydrogen (secondary N) is 2. The van der Waals surface area contributed by atoms with Crippen LogP contribution in [0.4, 0.5) is 16.2 Å². The first kappa shape index (κ1) is 18.8. The summed E-state index contributed by atoms with van der Waals surface area (Å²) in [6, 6.07) is 15.0. The van der Waals surface area contributed by atoms with Crippen LogP contribution < -0.4 is 10.6 Å². The van der Waals surface area contributed by atoms with Crippen molar-refractivity contribution < 1.29 is 14.5 Å². The highest BCUT2D eigenvalue weighted by Gasteiger charge is 2.20. The van der Waals surface area contributed by atoms with E-state index in [4.69, 9.17) is 4.74 Å². The van der Waals surface area contributed by atoms with Crippen molar-refractivity contribution in [3.8, 4) is 0 Å². The molecule has 0 aromatic heterocycles. The van der Waals surface area contributed by atoms with Gasteiger partial charge in [0.25, 0.3) is 5.69 Å². The third kappa shape index (κ3) is 5.50. The Hall–Kier alpha value is -2.97. The van der Waals surface area contributed by atoms with Gasteiger partial charge in [0.05, 0.1) is 24.2 Å². The summed E-state index contributed by atoms with van der Waals surface area (Å²) in [6.45, 7) is 3.72. The van der Waals surface area contributed by atoms with Crippen molar-refractivity contribution in [2.24, 2.45) is 0 Å². The maximum atomic E-state index is 12.5. The summed E-state index contributed by atoms with van der Waals surface area (Å²) in [7, 11) is 0. The smallest absolute Gasteiger partial charge is 0.319 e. The Morgan fingerprint density at radius 1 is 1.11 bits per heavy atom. The van der Waals surface area contributed by atoms with Crippen molar-refractivity contribution >= 4 is 17.4 Å². The maximum Gasteiger partial charge on any atom is 0.319 e. The minimum Gasteiger partial charge on any atom is -0.379 e. The third-order valence-corrected chi connectivity index (χ3v) is 4.39. The number of nitro benzene ring substituents is 1. The summed E-state index contributed by atoms with van der Waals surface area (Å²) < 4.78 is 5.38. The molecular weight excluding hydrogens is 348 g/mol. The molecule has 0 aliphatic carbocycles. The molecule has 2 amide bonds. The van der Waals surface area contributed by atoms with Crippen molar-refractivity contribution in [1.29, 1.82) is 0 Å². The number of rotatable bonds is 6. The van der Waals surface area contributed by atoms with Gasteiger partial charge >= 0.3 is 6.03 Å². The second kappa shape index (κ2) is 9.11. The van der Waals surface area contributed by atoms with Gasteiger partial charge in [0.15, 0.2) is 0 Å². The molecule has 1 aliphatic heterocycles. The Kier molecular flexibility index (Phi) is 6.35. The van der Waals surface area contributed by atoms with E-state index in [0.29, 0.717) is 25.4 Å². The topological polar surface area (TPSA) is 96.7 Å². The van der Waals surface area contributed by atoms with E-state index < -0.39 is 4.92 Å². The lowest BCUT2D eigenvalue weighted by atomic mass is 10.1. The van der Waals surface area contributed by atoms with Gasteiger partial charge in [-0.15, -0.1) is 0 Å². The van der Waals surface area contributed by atoms with Crippen molar-refractivity contribution in [3.05, 3.63) is 70.3 Å². The second-order valence-electron chi connectivity index (χ2n) is 6.28. The fourth-order valence-electron chi connectivity index (χ4n) is 2.95. The molecule has 2 aromatic carbocycles. The number of hydrogen-bond acceptors (Lipinski definition) is 5. The fourth-order valence-corrected chi connectivity index (χ4v) is 2.95. The van der Waals surface area contributed by atoms with Gasteiger partial charge in [0, 0.05) is 37.5 Å². The van der Waals surface area contributed by atoms with Crippen LogP contribution in [-0.2, 0) is 4.74 Å². The molecule has 0 unspecified atom stereocenters. The van der Waals surface area contributed by atoms with Crippen molar-refractivity contribution in [1.82, 2.24) is 10.2 Å². The SMILES string of the molecule is O=C(Nc1ccc([N+](=O)[O-])cc1)N[C@H](CN1CCOCC1)c1ccccc1. The fraction of sp³-hybridized carbons (Fsp3) is 0.316. The quantitative estimate of drug-likeness (QED) is 0.602. The van der Waals surface area contributed by atoms with E-state index in [9.17, 15) is 14.9 Å². The molecule has 1 saturated heterocycles. The number of non-ortho nitro benzene ring substituents is 1. The van der Waals surface area contributed by atoms with E-state index >= 15 is 0 Å². The van der Waals surface area contributed by atoms with Crippen LogP contribution in [0.1, 0.15) is 11.6 Å². The predicted octanol–water partition coefficient (Wildman–Crippen LogP) is 2.79. The van der Waals surface area contributed by atoms with Gasteiger partial charge in [-0.3, -0.25) is 15.0 Å². The van der Waals surface area contributed by atoms with Crippen LogP contribution in [0.25, 0.3) is 0 Å². The molecule has 1 heterocycles. The lowest BCUT2D eigenvalue weighted by molar-refractivity contribution is -0.384. The normalized spacial score (nSPS) is 15.7. The van der Waals surface area contributed by atoms with E-state index in [1.54, 1.807) is 0 Å². The average molecular weight is 370 g/mol. The standard InChI is InChI=1S/C19H22N4O4/c24-19(20-16-6-8-17(9-7-16)23(25)26)21-18(15-4-2-1-3-5-15)14-22-10-12-27-13-11-22/h1-9,18H,10-14H2,(H2,20,21,24)/t18-/m1/s1. The molecule has 142 valence electrons. The maximum absolute atomic E-state index is 12.5. The van der Waals surface area contributed by atoms with E-state index in [1.165, 1.54) is 24.3 Å². The molecule has 1 aliphatic rings. The number of urea groups is 1. The molecule has 27 heavy (non-hydrogen) atoms. The van der Waals surface area contributed by atoms with Crippen molar-refractivity contribution in [2.45, 2.75) is 6.04 Å². The highest BCUT2D eigenvalue weighted by molar-refractivity contribution is 5.89. The molecular formula is C19H22N4O4. The van der Waals surface area contributed by atoms with Crippen LogP contribution in [0.3, 0.4) is 0 Å². The molecule has 3 rings (SSSR count). The summed E-state index contributed by atoms with van der Waals surface area (Å²) in [5.41, 5.74) is 1.49. The first-order chi connectivity index (χ1) is 13.1. The highest BCUT2D eigenvalue weighted by atomic mass is 16.6. The van der Waals surface area contributed by atoms with E-state index in [-0.39, 0.29) is 17.8 Å². The number of morpholine rings is 1. The van der Waals surface area contributed by atoms with Gasteiger partial charge < -0.3 is 15.4 Å². The van der Waals surface area contributed by atoms with Crippen LogP contribution in [0.2, 0.25) is 0 Å². The molecule has 0 bridgehead atoms. The van der Waals surface area contributed by atoms with E-state index in [0.717, 1.165) is 18.7 Å². The number of anilines is 1. The zero-order chi connectivity index (χ0) is 19.1. The number of carbonyl (C=O) groups is 1. The molecule has 8 nitrogen and oxygen atoms in total. The summed E-state index contributed by atoms with van der Waals surface area (Å²) >= 11 is 0. The van der Waals surface area contributed by atoms with Gasteiger partial charge in [-0.1, -0.05) is 30.3 Å². The van der Waals surface area contributed by atoms with Crippen LogP contribution in [0.15, 0.2) is 54.6 Å². The molecule has 1 fully saturated rings.